The minimum absolute atomic E-state index is 0.179. The topological polar surface area (TPSA) is 32.8 Å². The van der Waals surface area contributed by atoms with Gasteiger partial charge in [-0.1, -0.05) is 38.3 Å². The van der Waals surface area contributed by atoms with E-state index < -0.39 is 6.09 Å². The van der Waals surface area contributed by atoms with Crippen molar-refractivity contribution in [3.05, 3.63) is 12.7 Å². The maximum absolute atomic E-state index is 10.9. The molecule has 6 heteroatoms. The number of hydrogen-bond donors (Lipinski definition) is 2. The monoisotopic (exact) mass is 194 g/mol. The molecule has 0 rings (SSSR count). The second-order valence-corrected chi connectivity index (χ2v) is 2.73. The van der Waals surface area contributed by atoms with Gasteiger partial charge in [0.2, 0.25) is 0 Å². The van der Waals surface area contributed by atoms with Crippen LogP contribution < -0.4 is 0 Å². The number of ether oxygens (including phenoxy) is 1. The first kappa shape index (κ1) is 10.7. The Morgan fingerprint density at radius 1 is 1.73 bits per heavy atom. The Labute approximate surface area is 76.9 Å². The van der Waals surface area contributed by atoms with E-state index in [0.29, 0.717) is 0 Å². The Balaban J connectivity index is 3.73. The highest BCUT2D eigenvalue weighted by atomic mass is 32.2. The second-order valence-electron chi connectivity index (χ2n) is 1.66. The van der Waals surface area contributed by atoms with E-state index in [1.807, 2.05) is 0 Å². The predicted molar refractivity (Wildman–Crippen MR) is 49.1 cm³/mol. The van der Waals surface area contributed by atoms with Crippen LogP contribution in [0.4, 0.5) is 4.79 Å². The van der Waals surface area contributed by atoms with Crippen molar-refractivity contribution < 1.29 is 9.53 Å². The third-order valence-corrected chi connectivity index (χ3v) is 1.39. The van der Waals surface area contributed by atoms with Crippen molar-refractivity contribution >= 4 is 31.7 Å². The maximum Gasteiger partial charge on any atom is 0.425 e. The lowest BCUT2D eigenvalue weighted by Gasteiger charge is -2.19. The number of nitrogens with zero attached hydrogens (tertiary/aromatic N) is 2. The summed E-state index contributed by atoms with van der Waals surface area (Å²) in [5.41, 5.74) is 0. The summed E-state index contributed by atoms with van der Waals surface area (Å²) in [6.07, 6.45) is 0.947. The van der Waals surface area contributed by atoms with Crippen LogP contribution in [0.1, 0.15) is 0 Å². The minimum atomic E-state index is -0.532. The molecule has 0 saturated heterocycles. The van der Waals surface area contributed by atoms with Gasteiger partial charge in [-0.2, -0.15) is 0 Å². The number of rotatable bonds is 3. The van der Waals surface area contributed by atoms with Gasteiger partial charge in [0.1, 0.15) is 6.61 Å². The molecule has 0 aromatic carbocycles. The first-order valence-corrected chi connectivity index (χ1v) is 3.58. The van der Waals surface area contributed by atoms with Crippen LogP contribution >= 0.6 is 25.6 Å². The summed E-state index contributed by atoms with van der Waals surface area (Å²) < 4.78 is 5.66. The Kier molecular flexibility index (Phi) is 5.18. The molecular formula is C5H10N2O2S2. The molecule has 0 aliphatic heterocycles. The van der Waals surface area contributed by atoms with E-state index in [0.717, 1.165) is 8.83 Å². The number of carbonyl (C=O) groups excluding carboxylic acids is 1. The van der Waals surface area contributed by atoms with Gasteiger partial charge in [-0.3, -0.25) is 0 Å². The van der Waals surface area contributed by atoms with Crippen molar-refractivity contribution in [2.75, 3.05) is 13.7 Å². The highest BCUT2D eigenvalue weighted by molar-refractivity contribution is 7.93. The summed E-state index contributed by atoms with van der Waals surface area (Å²) in [5, 5.41) is 1.09. The molecule has 0 radical (unpaired) electrons. The number of carbonyl (C=O) groups is 1. The average Bonchev–Trinajstić information content (AvgIpc) is 1.98. The molecule has 11 heavy (non-hydrogen) atoms. The van der Waals surface area contributed by atoms with E-state index in [1.54, 1.807) is 0 Å². The molecule has 0 heterocycles. The molecule has 0 aliphatic carbocycles. The van der Waals surface area contributed by atoms with Crippen molar-refractivity contribution in [1.82, 2.24) is 8.83 Å². The summed E-state index contributed by atoms with van der Waals surface area (Å²) in [7, 11) is 1.48. The summed E-state index contributed by atoms with van der Waals surface area (Å²) in [5.74, 6) is 0. The quantitative estimate of drug-likeness (QED) is 0.401. The third kappa shape index (κ3) is 4.18. The van der Waals surface area contributed by atoms with Crippen LogP contribution in [-0.4, -0.2) is 28.6 Å². The number of thiol groups is 2. The number of hydrogen-bond acceptors (Lipinski definition) is 5. The normalized spacial score (nSPS) is 9.45. The van der Waals surface area contributed by atoms with Gasteiger partial charge in [0.25, 0.3) is 0 Å². The lowest BCUT2D eigenvalue weighted by atomic mass is 10.7. The molecule has 0 saturated carbocycles. The van der Waals surface area contributed by atoms with Crippen molar-refractivity contribution in [1.29, 1.82) is 0 Å². The van der Waals surface area contributed by atoms with Crippen LogP contribution in [0, 0.1) is 0 Å². The maximum atomic E-state index is 10.9. The fourth-order valence-corrected chi connectivity index (χ4v) is 0.443. The zero-order chi connectivity index (χ0) is 8.85. The summed E-state index contributed by atoms with van der Waals surface area (Å²) in [6, 6.07) is 0. The van der Waals surface area contributed by atoms with Crippen molar-refractivity contribution in [2.24, 2.45) is 0 Å². The zero-order valence-corrected chi connectivity index (χ0v) is 7.89. The molecule has 0 fully saturated rings. The zero-order valence-electron chi connectivity index (χ0n) is 6.10. The molecule has 1 amide bonds. The second kappa shape index (κ2) is 5.34. The van der Waals surface area contributed by atoms with Crippen LogP contribution in [-0.2, 0) is 4.74 Å². The molecule has 64 valence electrons. The summed E-state index contributed by atoms with van der Waals surface area (Å²) in [4.78, 5) is 10.9. The minimum Gasteiger partial charge on any atom is -0.444 e. The molecule has 0 aromatic heterocycles. The Morgan fingerprint density at radius 2 is 2.27 bits per heavy atom. The van der Waals surface area contributed by atoms with Gasteiger partial charge in [-0.25, -0.2) is 9.80 Å². The van der Waals surface area contributed by atoms with E-state index in [4.69, 9.17) is 0 Å². The lowest BCUT2D eigenvalue weighted by Crippen LogP contribution is -2.33. The highest BCUT2D eigenvalue weighted by Gasteiger charge is 2.11. The van der Waals surface area contributed by atoms with Gasteiger partial charge in [0, 0.05) is 7.05 Å². The van der Waals surface area contributed by atoms with Gasteiger partial charge in [-0.15, -0.1) is 3.82 Å². The molecule has 0 unspecified atom stereocenters. The molecule has 0 N–H and O–H groups in total. The first-order chi connectivity index (χ1) is 5.09. The van der Waals surface area contributed by atoms with E-state index in [1.165, 1.54) is 13.1 Å². The molecule has 0 spiro atoms. The Bertz CT molecular complexity index is 151. The van der Waals surface area contributed by atoms with E-state index in [-0.39, 0.29) is 6.61 Å². The van der Waals surface area contributed by atoms with Crippen LogP contribution in [0.25, 0.3) is 0 Å². The average molecular weight is 194 g/mol. The fraction of sp³-hybridized carbons (Fsp3) is 0.400. The van der Waals surface area contributed by atoms with Gasteiger partial charge >= 0.3 is 6.09 Å². The van der Waals surface area contributed by atoms with Gasteiger partial charge in [-0.05, 0) is 0 Å². The number of hydrazine groups is 1. The van der Waals surface area contributed by atoms with Crippen molar-refractivity contribution in [3.63, 3.8) is 0 Å². The SMILES string of the molecule is C=CCOC(=O)N(C)N(S)S. The third-order valence-electron chi connectivity index (χ3n) is 0.857. The Hall–Kier alpha value is -0.330. The van der Waals surface area contributed by atoms with E-state index in [9.17, 15) is 4.79 Å². The van der Waals surface area contributed by atoms with Crippen LogP contribution in [0.2, 0.25) is 0 Å². The van der Waals surface area contributed by atoms with E-state index >= 15 is 0 Å². The lowest BCUT2D eigenvalue weighted by molar-refractivity contribution is 0.0955. The van der Waals surface area contributed by atoms with Gasteiger partial charge < -0.3 is 4.74 Å². The molecular weight excluding hydrogens is 184 g/mol. The molecule has 4 nitrogen and oxygen atoms in total. The predicted octanol–water partition coefficient (Wildman–Crippen LogP) is 1.15. The number of amides is 1. The standard InChI is InChI=1S/C5H10N2O2S2/c1-3-4-9-5(8)6(2)7(10)11/h3,10-11H,1,4H2,2H3. The van der Waals surface area contributed by atoms with Crippen molar-refractivity contribution in [2.45, 2.75) is 0 Å². The van der Waals surface area contributed by atoms with E-state index in [2.05, 4.69) is 36.9 Å². The highest BCUT2D eigenvalue weighted by Crippen LogP contribution is 2.03. The molecule has 0 aliphatic rings. The Morgan fingerprint density at radius 3 is 2.64 bits per heavy atom. The summed E-state index contributed by atoms with van der Waals surface area (Å²) in [6.45, 7) is 3.57. The van der Waals surface area contributed by atoms with Crippen LogP contribution in [0.5, 0.6) is 0 Å². The molecule has 0 aromatic rings. The van der Waals surface area contributed by atoms with Crippen LogP contribution in [0.3, 0.4) is 0 Å². The van der Waals surface area contributed by atoms with Gasteiger partial charge in [0.15, 0.2) is 0 Å². The smallest absolute Gasteiger partial charge is 0.425 e. The van der Waals surface area contributed by atoms with Gasteiger partial charge in [0.05, 0.1) is 0 Å². The van der Waals surface area contributed by atoms with Crippen LogP contribution in [0.15, 0.2) is 12.7 Å². The molecule has 0 atom stereocenters. The molecule has 0 bridgehead atoms. The fourth-order valence-electron chi connectivity index (χ4n) is 0.297. The van der Waals surface area contributed by atoms with Crippen molar-refractivity contribution in [3.8, 4) is 0 Å². The first-order valence-electron chi connectivity index (χ1n) is 2.78. The summed E-state index contributed by atoms with van der Waals surface area (Å²) >= 11 is 7.50. The largest absolute Gasteiger partial charge is 0.444 e.